The molecule has 6 nitrogen and oxygen atoms in total. The molecule has 1 amide bonds. The maximum absolute atomic E-state index is 14.0. The Hall–Kier alpha value is -3.62. The second-order valence-electron chi connectivity index (χ2n) is 11.4. The normalized spacial score (nSPS) is 17.0. The quantitative estimate of drug-likeness (QED) is 0.278. The van der Waals surface area contributed by atoms with E-state index in [9.17, 15) is 13.6 Å². The Morgan fingerprint density at radius 3 is 2.54 bits per heavy atom. The van der Waals surface area contributed by atoms with Gasteiger partial charge < -0.3 is 10.3 Å². The molecule has 0 bridgehead atoms. The Kier molecular flexibility index (Phi) is 7.86. The minimum absolute atomic E-state index is 0.0239. The van der Waals surface area contributed by atoms with E-state index in [4.69, 9.17) is 0 Å². The third kappa shape index (κ3) is 6.19. The number of fused-ring (bicyclic) bond motifs is 3. The molecule has 0 radical (unpaired) electrons. The zero-order valence-corrected chi connectivity index (χ0v) is 23.5. The van der Waals surface area contributed by atoms with Crippen molar-refractivity contribution >= 4 is 16.8 Å². The molecular weight excluding hydrogens is 520 g/mol. The van der Waals surface area contributed by atoms with Crippen molar-refractivity contribution in [3.8, 4) is 0 Å². The number of aromatic nitrogens is 2. The summed E-state index contributed by atoms with van der Waals surface area (Å²) >= 11 is 0. The summed E-state index contributed by atoms with van der Waals surface area (Å²) in [6.07, 6.45) is 6.25. The van der Waals surface area contributed by atoms with Gasteiger partial charge in [-0.2, -0.15) is 0 Å². The van der Waals surface area contributed by atoms with Gasteiger partial charge in [0.25, 0.3) is 11.8 Å². The largest absolute Gasteiger partial charge is 0.358 e. The number of H-pyrrole nitrogens is 1. The summed E-state index contributed by atoms with van der Waals surface area (Å²) in [5.74, 6) is -2.81. The summed E-state index contributed by atoms with van der Waals surface area (Å²) in [7, 11) is 0. The van der Waals surface area contributed by atoms with Crippen LogP contribution in [-0.4, -0.2) is 51.4 Å². The first-order valence-electron chi connectivity index (χ1n) is 14.6. The number of amides is 1. The van der Waals surface area contributed by atoms with Gasteiger partial charge in [0, 0.05) is 98.3 Å². The summed E-state index contributed by atoms with van der Waals surface area (Å²) in [5, 5.41) is 4.35. The molecule has 8 heteroatoms. The number of hydrogen-bond acceptors (Lipinski definition) is 4. The van der Waals surface area contributed by atoms with Gasteiger partial charge in [0.05, 0.1) is 0 Å². The lowest BCUT2D eigenvalue weighted by atomic mass is 10.0. The molecule has 4 aromatic rings. The number of benzene rings is 2. The summed E-state index contributed by atoms with van der Waals surface area (Å²) in [6.45, 7) is 6.63. The first-order valence-corrected chi connectivity index (χ1v) is 14.6. The highest BCUT2D eigenvalue weighted by Gasteiger charge is 2.29. The molecule has 1 fully saturated rings. The zero-order valence-electron chi connectivity index (χ0n) is 23.5. The van der Waals surface area contributed by atoms with Gasteiger partial charge in [0.2, 0.25) is 0 Å². The Balaban J connectivity index is 1.08. The second-order valence-corrected chi connectivity index (χ2v) is 11.4. The number of halogens is 2. The van der Waals surface area contributed by atoms with Crippen molar-refractivity contribution in [2.45, 2.75) is 64.2 Å². The predicted octanol–water partition coefficient (Wildman–Crippen LogP) is 6.02. The number of pyridine rings is 1. The Morgan fingerprint density at radius 2 is 1.80 bits per heavy atom. The summed E-state index contributed by atoms with van der Waals surface area (Å²) in [5.41, 5.74) is 6.47. The highest BCUT2D eigenvalue weighted by Crippen LogP contribution is 2.32. The number of nitrogens with zero attached hydrogens (tertiary/aromatic N) is 3. The van der Waals surface area contributed by atoms with Gasteiger partial charge >= 0.3 is 0 Å². The number of nitrogens with one attached hydrogen (secondary N) is 2. The average Bonchev–Trinajstić information content (AvgIpc) is 3.36. The fourth-order valence-electron chi connectivity index (χ4n) is 6.12. The molecule has 41 heavy (non-hydrogen) atoms. The molecule has 0 atom stereocenters. The predicted molar refractivity (Wildman–Crippen MR) is 157 cm³/mol. The van der Waals surface area contributed by atoms with Gasteiger partial charge in [0.1, 0.15) is 0 Å². The summed E-state index contributed by atoms with van der Waals surface area (Å²) < 4.78 is 28.0. The van der Waals surface area contributed by atoms with Gasteiger partial charge in [-0.1, -0.05) is 37.3 Å². The number of carbonyl (C=O) groups excluding carboxylic acids is 1. The van der Waals surface area contributed by atoms with Crippen LogP contribution in [0.4, 0.5) is 8.78 Å². The number of aromatic amines is 1. The number of alkyl halides is 2. The molecule has 2 aliphatic heterocycles. The third-order valence-electron chi connectivity index (χ3n) is 8.59. The molecule has 0 saturated carbocycles. The number of likely N-dealkylation sites (tertiary alicyclic amines) is 1. The third-order valence-corrected chi connectivity index (χ3v) is 8.59. The van der Waals surface area contributed by atoms with E-state index < -0.39 is 5.92 Å². The molecule has 2 aromatic carbocycles. The fourth-order valence-corrected chi connectivity index (χ4v) is 6.12. The van der Waals surface area contributed by atoms with Crippen LogP contribution < -0.4 is 5.32 Å². The zero-order chi connectivity index (χ0) is 28.4. The number of piperidine rings is 1. The molecule has 6 rings (SSSR count). The van der Waals surface area contributed by atoms with Crippen LogP contribution in [0.25, 0.3) is 10.9 Å². The van der Waals surface area contributed by atoms with Crippen LogP contribution in [0.15, 0.2) is 67.0 Å². The SMILES string of the molecule is CCC(F)(F)c1ccc(CN2CCc3[nH]c4ccc(C(=O)NC5CCN(Cc6cccnc6)CC5)cc4c3C2)cc1. The van der Waals surface area contributed by atoms with Crippen molar-refractivity contribution in [1.29, 1.82) is 0 Å². The Labute approximate surface area is 239 Å². The smallest absolute Gasteiger partial charge is 0.273 e. The second kappa shape index (κ2) is 11.7. The van der Waals surface area contributed by atoms with Crippen LogP contribution in [0.5, 0.6) is 0 Å². The van der Waals surface area contributed by atoms with Crippen LogP contribution in [-0.2, 0) is 32.0 Å². The van der Waals surface area contributed by atoms with E-state index in [0.29, 0.717) is 12.1 Å². The summed E-state index contributed by atoms with van der Waals surface area (Å²) in [4.78, 5) is 25.8. The molecule has 2 aliphatic rings. The van der Waals surface area contributed by atoms with Crippen molar-refractivity contribution in [3.63, 3.8) is 0 Å². The van der Waals surface area contributed by atoms with Gasteiger partial charge in [-0.3, -0.25) is 19.6 Å². The maximum Gasteiger partial charge on any atom is 0.273 e. The molecule has 2 N–H and O–H groups in total. The van der Waals surface area contributed by atoms with E-state index >= 15 is 0 Å². The average molecular weight is 558 g/mol. The van der Waals surface area contributed by atoms with Crippen molar-refractivity contribution in [2.75, 3.05) is 19.6 Å². The van der Waals surface area contributed by atoms with Crippen molar-refractivity contribution < 1.29 is 13.6 Å². The van der Waals surface area contributed by atoms with Gasteiger partial charge in [0.15, 0.2) is 0 Å². The number of rotatable bonds is 8. The Bertz CT molecular complexity index is 1490. The van der Waals surface area contributed by atoms with Crippen molar-refractivity contribution in [2.24, 2.45) is 0 Å². The van der Waals surface area contributed by atoms with Gasteiger partial charge in [-0.15, -0.1) is 0 Å². The molecule has 214 valence electrons. The van der Waals surface area contributed by atoms with Crippen molar-refractivity contribution in [3.05, 3.63) is 101 Å². The van der Waals surface area contributed by atoms with E-state index in [1.54, 1.807) is 18.3 Å². The molecule has 0 unspecified atom stereocenters. The highest BCUT2D eigenvalue weighted by molar-refractivity contribution is 5.99. The molecule has 2 aromatic heterocycles. The van der Waals surface area contributed by atoms with E-state index in [0.717, 1.165) is 68.5 Å². The maximum atomic E-state index is 14.0. The van der Waals surface area contributed by atoms with Crippen LogP contribution in [0, 0.1) is 0 Å². The minimum Gasteiger partial charge on any atom is -0.358 e. The lowest BCUT2D eigenvalue weighted by molar-refractivity contribution is -0.00831. The molecule has 0 aliphatic carbocycles. The van der Waals surface area contributed by atoms with Crippen LogP contribution >= 0.6 is 0 Å². The van der Waals surface area contributed by atoms with Crippen LogP contribution in [0.3, 0.4) is 0 Å². The van der Waals surface area contributed by atoms with E-state index in [1.807, 2.05) is 42.6 Å². The number of hydrogen-bond donors (Lipinski definition) is 2. The minimum atomic E-state index is -2.79. The first kappa shape index (κ1) is 27.5. The van der Waals surface area contributed by atoms with E-state index in [2.05, 4.69) is 31.2 Å². The molecule has 0 spiro atoms. The van der Waals surface area contributed by atoms with Crippen LogP contribution in [0.1, 0.15) is 64.5 Å². The topological polar surface area (TPSA) is 64.3 Å². The van der Waals surface area contributed by atoms with E-state index in [-0.39, 0.29) is 23.9 Å². The first-order chi connectivity index (χ1) is 19.9. The lowest BCUT2D eigenvalue weighted by Crippen LogP contribution is -2.44. The monoisotopic (exact) mass is 557 g/mol. The fraction of sp³-hybridized carbons (Fsp3) is 0.394. The molecular formula is C33H37F2N5O. The molecule has 4 heterocycles. The van der Waals surface area contributed by atoms with Crippen LogP contribution in [0.2, 0.25) is 0 Å². The van der Waals surface area contributed by atoms with Gasteiger partial charge in [-0.05, 0) is 53.8 Å². The van der Waals surface area contributed by atoms with E-state index in [1.165, 1.54) is 23.7 Å². The van der Waals surface area contributed by atoms with Gasteiger partial charge in [-0.25, -0.2) is 8.78 Å². The Morgan fingerprint density at radius 1 is 1.02 bits per heavy atom. The summed E-state index contributed by atoms with van der Waals surface area (Å²) in [6, 6.07) is 16.9. The highest BCUT2D eigenvalue weighted by atomic mass is 19.3. The standard InChI is InChI=1S/C33H37F2N5O/c1-2-33(34,35)26-8-5-23(6-9-26)20-40-17-13-31-29(22-40)28-18-25(7-10-30(28)38-31)32(41)37-27-11-15-39(16-12-27)21-24-4-3-14-36-19-24/h3-10,14,18-19,27,38H,2,11-13,15-17,20-22H2,1H3,(H,37,41). The number of carbonyl (C=O) groups is 1. The van der Waals surface area contributed by atoms with Crippen molar-refractivity contribution in [1.82, 2.24) is 25.1 Å². The lowest BCUT2D eigenvalue weighted by Gasteiger charge is -2.32. The molecule has 1 saturated heterocycles.